The van der Waals surface area contributed by atoms with Crippen molar-refractivity contribution in [2.24, 2.45) is 0 Å². The molecule has 0 fully saturated rings. The lowest BCUT2D eigenvalue weighted by molar-refractivity contribution is -0.129. The molecule has 0 saturated carbocycles. The van der Waals surface area contributed by atoms with Gasteiger partial charge in [-0.05, 0) is 42.7 Å². The second-order valence-corrected chi connectivity index (χ2v) is 6.07. The first-order valence-electron chi connectivity index (χ1n) is 8.79. The van der Waals surface area contributed by atoms with E-state index in [9.17, 15) is 19.5 Å². The number of hydroxylamine groups is 1. The van der Waals surface area contributed by atoms with Crippen LogP contribution in [-0.2, 0) is 11.4 Å². The summed E-state index contributed by atoms with van der Waals surface area (Å²) in [6, 6.07) is 10.7. The second-order valence-electron chi connectivity index (χ2n) is 6.07. The van der Waals surface area contributed by atoms with Gasteiger partial charge < -0.3 is 19.7 Å². The molecule has 9 heteroatoms. The minimum atomic E-state index is -1.21. The number of ether oxygens (including phenoxy) is 2. The number of rotatable bonds is 11. The Morgan fingerprint density at radius 1 is 0.862 bits per heavy atom. The first kappa shape index (κ1) is 21.7. The molecular formula is C20H21NO8. The molecule has 4 N–H and O–H groups in total. The van der Waals surface area contributed by atoms with Crippen LogP contribution in [0.3, 0.4) is 0 Å². The number of unbranched alkanes of at least 4 members (excludes halogenated alkanes) is 1. The molecule has 0 bridgehead atoms. The van der Waals surface area contributed by atoms with Gasteiger partial charge in [0, 0.05) is 6.42 Å². The summed E-state index contributed by atoms with van der Waals surface area (Å²) in [6.07, 6.45) is 1.10. The Hall–Kier alpha value is -3.59. The molecular weight excluding hydrogens is 382 g/mol. The SMILES string of the molecule is O=C(CCCCOc1cccc(OCc2ccc(C(=O)O)cc2)c1C(=O)O)NO. The Morgan fingerprint density at radius 3 is 2.10 bits per heavy atom. The van der Waals surface area contributed by atoms with E-state index in [4.69, 9.17) is 19.8 Å². The highest BCUT2D eigenvalue weighted by Crippen LogP contribution is 2.29. The summed E-state index contributed by atoms with van der Waals surface area (Å²) in [4.78, 5) is 33.5. The third-order valence-corrected chi connectivity index (χ3v) is 3.98. The molecule has 0 unspecified atom stereocenters. The van der Waals surface area contributed by atoms with Crippen LogP contribution in [0.5, 0.6) is 11.5 Å². The van der Waals surface area contributed by atoms with Gasteiger partial charge in [0.25, 0.3) is 0 Å². The number of carbonyl (C=O) groups excluding carboxylic acids is 1. The van der Waals surface area contributed by atoms with E-state index in [-0.39, 0.29) is 42.3 Å². The molecule has 0 spiro atoms. The fourth-order valence-corrected chi connectivity index (χ4v) is 2.49. The molecule has 0 aliphatic heterocycles. The minimum absolute atomic E-state index is 0.0555. The Bertz CT molecular complexity index is 863. The molecule has 0 aromatic heterocycles. The predicted molar refractivity (Wildman–Crippen MR) is 100 cm³/mol. The fraction of sp³-hybridized carbons (Fsp3) is 0.250. The molecule has 0 atom stereocenters. The number of benzene rings is 2. The lowest BCUT2D eigenvalue weighted by atomic mass is 10.1. The largest absolute Gasteiger partial charge is 0.493 e. The van der Waals surface area contributed by atoms with Crippen molar-refractivity contribution >= 4 is 17.8 Å². The summed E-state index contributed by atoms with van der Waals surface area (Å²) < 4.78 is 11.1. The highest BCUT2D eigenvalue weighted by molar-refractivity contribution is 5.94. The van der Waals surface area contributed by atoms with Gasteiger partial charge in [0.2, 0.25) is 5.91 Å². The molecule has 0 aliphatic rings. The van der Waals surface area contributed by atoms with Gasteiger partial charge in [-0.3, -0.25) is 10.0 Å². The lowest BCUT2D eigenvalue weighted by Gasteiger charge is -2.14. The van der Waals surface area contributed by atoms with Crippen LogP contribution >= 0.6 is 0 Å². The van der Waals surface area contributed by atoms with E-state index in [1.807, 2.05) is 0 Å². The first-order valence-corrected chi connectivity index (χ1v) is 8.79. The Labute approximate surface area is 166 Å². The van der Waals surface area contributed by atoms with Crippen LogP contribution in [0.15, 0.2) is 42.5 Å². The zero-order chi connectivity index (χ0) is 21.2. The normalized spacial score (nSPS) is 10.2. The standard InChI is InChI=1S/C20H21NO8/c22-17(21-27)6-1-2-11-28-15-4-3-5-16(18(15)20(25)26)29-12-13-7-9-14(10-8-13)19(23)24/h3-5,7-10,27H,1-2,6,11-12H2,(H,21,22)(H,23,24)(H,25,26). The number of carbonyl (C=O) groups is 3. The first-order chi connectivity index (χ1) is 13.9. The van der Waals surface area contributed by atoms with Crippen LogP contribution in [0.1, 0.15) is 45.5 Å². The summed E-state index contributed by atoms with van der Waals surface area (Å²) >= 11 is 0. The molecule has 0 aliphatic carbocycles. The highest BCUT2D eigenvalue weighted by atomic mass is 16.5. The summed E-state index contributed by atoms with van der Waals surface area (Å²) in [5.41, 5.74) is 2.24. The number of carboxylic acid groups (broad SMARTS) is 2. The van der Waals surface area contributed by atoms with Crippen molar-refractivity contribution in [3.63, 3.8) is 0 Å². The summed E-state index contributed by atoms with van der Waals surface area (Å²) in [5.74, 6) is -2.48. The third kappa shape index (κ3) is 6.51. The van der Waals surface area contributed by atoms with Crippen LogP contribution in [0.25, 0.3) is 0 Å². The molecule has 2 rings (SSSR count). The number of hydrogen-bond donors (Lipinski definition) is 4. The van der Waals surface area contributed by atoms with Crippen molar-refractivity contribution in [3.8, 4) is 11.5 Å². The van der Waals surface area contributed by atoms with E-state index >= 15 is 0 Å². The van der Waals surface area contributed by atoms with Gasteiger partial charge in [0.1, 0.15) is 23.7 Å². The van der Waals surface area contributed by atoms with Gasteiger partial charge >= 0.3 is 11.9 Å². The van der Waals surface area contributed by atoms with Crippen molar-refractivity contribution in [3.05, 3.63) is 59.2 Å². The average Bonchev–Trinajstić information content (AvgIpc) is 2.71. The van der Waals surface area contributed by atoms with Crippen molar-refractivity contribution in [1.82, 2.24) is 5.48 Å². The number of nitrogens with one attached hydrogen (secondary N) is 1. The molecule has 2 aromatic rings. The third-order valence-electron chi connectivity index (χ3n) is 3.98. The number of carboxylic acids is 2. The molecule has 2 aromatic carbocycles. The van der Waals surface area contributed by atoms with E-state index in [2.05, 4.69) is 0 Å². The molecule has 0 heterocycles. The van der Waals surface area contributed by atoms with Crippen molar-refractivity contribution in [2.45, 2.75) is 25.9 Å². The minimum Gasteiger partial charge on any atom is -0.493 e. The molecule has 0 radical (unpaired) electrons. The molecule has 9 nitrogen and oxygen atoms in total. The number of amides is 1. The predicted octanol–water partition coefficient (Wildman–Crippen LogP) is 2.72. The van der Waals surface area contributed by atoms with Crippen molar-refractivity contribution in [1.29, 1.82) is 0 Å². The maximum Gasteiger partial charge on any atom is 0.343 e. The van der Waals surface area contributed by atoms with Gasteiger partial charge in [-0.25, -0.2) is 15.1 Å². The summed E-state index contributed by atoms with van der Waals surface area (Å²) in [7, 11) is 0. The lowest BCUT2D eigenvalue weighted by Crippen LogP contribution is -2.18. The van der Waals surface area contributed by atoms with E-state index in [1.54, 1.807) is 18.2 Å². The van der Waals surface area contributed by atoms with Gasteiger partial charge in [0.15, 0.2) is 0 Å². The van der Waals surface area contributed by atoms with E-state index in [0.717, 1.165) is 0 Å². The maximum absolute atomic E-state index is 11.7. The van der Waals surface area contributed by atoms with Crippen LogP contribution < -0.4 is 15.0 Å². The van der Waals surface area contributed by atoms with E-state index < -0.39 is 17.8 Å². The van der Waals surface area contributed by atoms with Crippen molar-refractivity contribution in [2.75, 3.05) is 6.61 Å². The van der Waals surface area contributed by atoms with E-state index in [0.29, 0.717) is 18.4 Å². The van der Waals surface area contributed by atoms with E-state index in [1.165, 1.54) is 29.7 Å². The molecule has 0 saturated heterocycles. The smallest absolute Gasteiger partial charge is 0.343 e. The highest BCUT2D eigenvalue weighted by Gasteiger charge is 2.18. The summed E-state index contributed by atoms with van der Waals surface area (Å²) in [6.45, 7) is 0.249. The molecule has 154 valence electrons. The zero-order valence-corrected chi connectivity index (χ0v) is 15.5. The van der Waals surface area contributed by atoms with Crippen LogP contribution in [0, 0.1) is 0 Å². The van der Waals surface area contributed by atoms with Crippen molar-refractivity contribution < 1.29 is 39.3 Å². The van der Waals surface area contributed by atoms with Gasteiger partial charge in [-0.15, -0.1) is 0 Å². The number of hydrogen-bond acceptors (Lipinski definition) is 6. The zero-order valence-electron chi connectivity index (χ0n) is 15.5. The second kappa shape index (κ2) is 10.7. The summed E-state index contributed by atoms with van der Waals surface area (Å²) in [5, 5.41) is 26.9. The van der Waals surface area contributed by atoms with Gasteiger partial charge in [-0.2, -0.15) is 0 Å². The monoisotopic (exact) mass is 403 g/mol. The van der Waals surface area contributed by atoms with Gasteiger partial charge in [-0.1, -0.05) is 18.2 Å². The van der Waals surface area contributed by atoms with Crippen LogP contribution in [0.4, 0.5) is 0 Å². The maximum atomic E-state index is 11.7. The average molecular weight is 403 g/mol. The molecule has 1 amide bonds. The Morgan fingerprint density at radius 2 is 1.52 bits per heavy atom. The van der Waals surface area contributed by atoms with Crippen LogP contribution in [0.2, 0.25) is 0 Å². The Kier molecular flexibility index (Phi) is 7.99. The fourth-order valence-electron chi connectivity index (χ4n) is 2.49. The quantitative estimate of drug-likeness (QED) is 0.255. The topological polar surface area (TPSA) is 142 Å². The van der Waals surface area contributed by atoms with Crippen LogP contribution in [-0.4, -0.2) is 39.9 Å². The number of aromatic carboxylic acids is 2. The van der Waals surface area contributed by atoms with Gasteiger partial charge in [0.05, 0.1) is 12.2 Å². The Balaban J connectivity index is 2.00. The molecule has 29 heavy (non-hydrogen) atoms.